The molecular weight excluding hydrogens is 283 g/mol. The number of hydrogen-bond acceptors (Lipinski definition) is 4. The molecule has 0 heterocycles. The summed E-state index contributed by atoms with van der Waals surface area (Å²) in [7, 11) is -3.33. The highest BCUT2D eigenvalue weighted by Gasteiger charge is 2.37. The maximum atomic E-state index is 12.0. The Kier molecular flexibility index (Phi) is 4.81. The lowest BCUT2D eigenvalue weighted by atomic mass is 10.3. The zero-order chi connectivity index (χ0) is 14.7. The Morgan fingerprint density at radius 2 is 1.79 bits per heavy atom. The van der Waals surface area contributed by atoms with Crippen LogP contribution in [0.1, 0.15) is 6.92 Å². The Balaban J connectivity index is 2.69. The normalized spacial score (nSPS) is 14.2. The van der Waals surface area contributed by atoms with Gasteiger partial charge in [0, 0.05) is 12.2 Å². The number of benzene rings is 1. The predicted molar refractivity (Wildman–Crippen MR) is 64.7 cm³/mol. The highest BCUT2D eigenvalue weighted by molar-refractivity contribution is 7.91. The van der Waals surface area contributed by atoms with Crippen LogP contribution in [-0.2, 0) is 9.84 Å². The summed E-state index contributed by atoms with van der Waals surface area (Å²) >= 11 is 0. The summed E-state index contributed by atoms with van der Waals surface area (Å²) in [6, 6.07) is 5.32. The van der Waals surface area contributed by atoms with Gasteiger partial charge >= 0.3 is 6.18 Å². The van der Waals surface area contributed by atoms with Crippen molar-refractivity contribution in [2.45, 2.75) is 24.1 Å². The van der Waals surface area contributed by atoms with Crippen molar-refractivity contribution in [1.82, 2.24) is 0 Å². The molecule has 8 heteroatoms. The summed E-state index contributed by atoms with van der Waals surface area (Å²) in [6.45, 7) is 0.810. The molecule has 0 aliphatic rings. The highest BCUT2D eigenvalue weighted by atomic mass is 32.2. The van der Waals surface area contributed by atoms with E-state index in [-0.39, 0.29) is 10.6 Å². The smallest absolute Gasteiger partial charge is 0.382 e. The molecule has 0 radical (unpaired) electrons. The van der Waals surface area contributed by atoms with Gasteiger partial charge in [-0.2, -0.15) is 13.2 Å². The molecule has 0 fully saturated rings. The number of nitrogens with one attached hydrogen (secondary N) is 1. The predicted octanol–water partition coefficient (Wildman–Crippen LogP) is 1.82. The largest absolute Gasteiger partial charge is 0.416 e. The summed E-state index contributed by atoms with van der Waals surface area (Å²) in [5.74, 6) is -0.0490. The zero-order valence-electron chi connectivity index (χ0n) is 10.1. The topological polar surface area (TPSA) is 66.4 Å². The second-order valence-corrected chi connectivity index (χ2v) is 6.14. The second kappa shape index (κ2) is 5.79. The molecule has 0 aliphatic heterocycles. The standard InChI is InChI=1S/C11H14F3NO3S/c1-2-19(17,18)9-5-3-8(4-6-9)15-7-10(16)11(12,13)14/h3-6,10,15-16H,2,7H2,1H3. The van der Waals surface area contributed by atoms with E-state index < -0.39 is 28.7 Å². The molecular formula is C11H14F3NO3S. The van der Waals surface area contributed by atoms with E-state index in [4.69, 9.17) is 5.11 Å². The third-order valence-corrected chi connectivity index (χ3v) is 4.22. The van der Waals surface area contributed by atoms with Gasteiger partial charge in [-0.1, -0.05) is 6.92 Å². The molecule has 108 valence electrons. The molecule has 1 unspecified atom stereocenters. The molecule has 1 aromatic rings. The lowest BCUT2D eigenvalue weighted by molar-refractivity contribution is -0.198. The van der Waals surface area contributed by atoms with E-state index >= 15 is 0 Å². The van der Waals surface area contributed by atoms with Crippen LogP contribution in [0.4, 0.5) is 18.9 Å². The minimum Gasteiger partial charge on any atom is -0.382 e. The molecule has 1 aromatic carbocycles. The molecule has 2 N–H and O–H groups in total. The van der Waals surface area contributed by atoms with Gasteiger partial charge in [-0.05, 0) is 24.3 Å². The zero-order valence-corrected chi connectivity index (χ0v) is 10.9. The quantitative estimate of drug-likeness (QED) is 0.870. The summed E-state index contributed by atoms with van der Waals surface area (Å²) in [5.41, 5.74) is 0.304. The van der Waals surface area contributed by atoms with E-state index in [0.29, 0.717) is 5.69 Å². The van der Waals surface area contributed by atoms with Crippen molar-refractivity contribution in [1.29, 1.82) is 0 Å². The first-order chi connectivity index (χ1) is 8.66. The number of rotatable bonds is 5. The van der Waals surface area contributed by atoms with Gasteiger partial charge in [0.1, 0.15) is 0 Å². The van der Waals surface area contributed by atoms with Crippen molar-refractivity contribution in [3.05, 3.63) is 24.3 Å². The first kappa shape index (κ1) is 15.8. The lowest BCUT2D eigenvalue weighted by Gasteiger charge is -2.15. The van der Waals surface area contributed by atoms with Gasteiger partial charge in [0.05, 0.1) is 10.6 Å². The van der Waals surface area contributed by atoms with Crippen molar-refractivity contribution in [3.63, 3.8) is 0 Å². The average molecular weight is 297 g/mol. The van der Waals surface area contributed by atoms with Gasteiger partial charge < -0.3 is 10.4 Å². The summed E-state index contributed by atoms with van der Waals surface area (Å²) in [4.78, 5) is 0.108. The second-order valence-electron chi connectivity index (χ2n) is 3.87. The van der Waals surface area contributed by atoms with E-state index in [1.54, 1.807) is 0 Å². The molecule has 4 nitrogen and oxygen atoms in total. The number of anilines is 1. The molecule has 0 amide bonds. The van der Waals surface area contributed by atoms with Gasteiger partial charge in [0.25, 0.3) is 0 Å². The molecule has 0 saturated carbocycles. The van der Waals surface area contributed by atoms with Crippen molar-refractivity contribution in [3.8, 4) is 0 Å². The Morgan fingerprint density at radius 1 is 1.26 bits per heavy atom. The highest BCUT2D eigenvalue weighted by Crippen LogP contribution is 2.21. The van der Waals surface area contributed by atoms with E-state index in [9.17, 15) is 21.6 Å². The van der Waals surface area contributed by atoms with Crippen LogP contribution < -0.4 is 5.32 Å². The van der Waals surface area contributed by atoms with Crippen LogP contribution in [0.25, 0.3) is 0 Å². The van der Waals surface area contributed by atoms with Crippen LogP contribution in [-0.4, -0.2) is 38.1 Å². The van der Waals surface area contributed by atoms with Crippen molar-refractivity contribution < 1.29 is 26.7 Å². The van der Waals surface area contributed by atoms with Crippen LogP contribution in [0.15, 0.2) is 29.2 Å². The SMILES string of the molecule is CCS(=O)(=O)c1ccc(NCC(O)C(F)(F)F)cc1. The first-order valence-electron chi connectivity index (χ1n) is 5.48. The number of alkyl halides is 3. The third-order valence-electron chi connectivity index (χ3n) is 2.47. The monoisotopic (exact) mass is 297 g/mol. The fourth-order valence-corrected chi connectivity index (χ4v) is 2.16. The van der Waals surface area contributed by atoms with Crippen molar-refractivity contribution in [2.75, 3.05) is 17.6 Å². The molecule has 0 aromatic heterocycles. The van der Waals surface area contributed by atoms with Gasteiger partial charge in [-0.15, -0.1) is 0 Å². The van der Waals surface area contributed by atoms with Gasteiger partial charge in [0.15, 0.2) is 15.9 Å². The number of aliphatic hydroxyl groups is 1. The molecule has 0 spiro atoms. The van der Waals surface area contributed by atoms with E-state index in [1.165, 1.54) is 31.2 Å². The van der Waals surface area contributed by atoms with Gasteiger partial charge in [-0.3, -0.25) is 0 Å². The first-order valence-corrected chi connectivity index (χ1v) is 7.13. The minimum atomic E-state index is -4.68. The number of hydrogen-bond donors (Lipinski definition) is 2. The third kappa shape index (κ3) is 4.39. The van der Waals surface area contributed by atoms with Crippen LogP contribution in [0.5, 0.6) is 0 Å². The van der Waals surface area contributed by atoms with E-state index in [0.717, 1.165) is 0 Å². The van der Waals surface area contributed by atoms with Crippen LogP contribution >= 0.6 is 0 Å². The Morgan fingerprint density at radius 3 is 2.21 bits per heavy atom. The minimum absolute atomic E-state index is 0.0490. The van der Waals surface area contributed by atoms with Gasteiger partial charge in [0.2, 0.25) is 0 Å². The van der Waals surface area contributed by atoms with Crippen LogP contribution in [0, 0.1) is 0 Å². The van der Waals surface area contributed by atoms with E-state index in [1.807, 2.05) is 0 Å². The summed E-state index contributed by atoms with van der Waals surface area (Å²) < 4.78 is 59.1. The Labute approximate surface area is 109 Å². The number of halogens is 3. The Hall–Kier alpha value is -1.28. The molecule has 0 bridgehead atoms. The van der Waals surface area contributed by atoms with E-state index in [2.05, 4.69) is 5.32 Å². The molecule has 1 atom stereocenters. The van der Waals surface area contributed by atoms with Crippen molar-refractivity contribution >= 4 is 15.5 Å². The molecule has 19 heavy (non-hydrogen) atoms. The summed E-state index contributed by atoms with van der Waals surface area (Å²) in [6.07, 6.45) is -7.15. The fraction of sp³-hybridized carbons (Fsp3) is 0.455. The van der Waals surface area contributed by atoms with Crippen LogP contribution in [0.2, 0.25) is 0 Å². The fourth-order valence-electron chi connectivity index (χ4n) is 1.28. The number of aliphatic hydroxyl groups excluding tert-OH is 1. The van der Waals surface area contributed by atoms with Crippen molar-refractivity contribution in [2.24, 2.45) is 0 Å². The maximum Gasteiger partial charge on any atom is 0.416 e. The average Bonchev–Trinajstić information content (AvgIpc) is 2.35. The Bertz CT molecular complexity index is 511. The lowest BCUT2D eigenvalue weighted by Crippen LogP contribution is -2.34. The molecule has 0 saturated heterocycles. The van der Waals surface area contributed by atoms with Crippen LogP contribution in [0.3, 0.4) is 0 Å². The van der Waals surface area contributed by atoms with Gasteiger partial charge in [-0.25, -0.2) is 8.42 Å². The molecule has 0 aliphatic carbocycles. The number of sulfone groups is 1. The summed E-state index contributed by atoms with van der Waals surface area (Å²) in [5, 5.41) is 11.2. The maximum absolute atomic E-state index is 12.0. The molecule has 1 rings (SSSR count).